The second kappa shape index (κ2) is 5.55. The zero-order chi connectivity index (χ0) is 12.1. The Morgan fingerprint density at radius 1 is 1.56 bits per heavy atom. The summed E-state index contributed by atoms with van der Waals surface area (Å²) in [4.78, 5) is 11.8. The first-order chi connectivity index (χ1) is 7.50. The van der Waals surface area contributed by atoms with Crippen LogP contribution in [0.2, 0.25) is 0 Å². The van der Waals surface area contributed by atoms with Gasteiger partial charge < -0.3 is 11.1 Å². The molecule has 0 spiro atoms. The van der Waals surface area contributed by atoms with E-state index >= 15 is 0 Å². The van der Waals surface area contributed by atoms with Gasteiger partial charge in [0.15, 0.2) is 0 Å². The van der Waals surface area contributed by atoms with Crippen LogP contribution in [0.25, 0.3) is 0 Å². The van der Waals surface area contributed by atoms with Gasteiger partial charge in [0.1, 0.15) is 5.82 Å². The Labute approximate surface area is 98.8 Å². The number of carbonyl (C=O) groups is 1. The number of rotatable bonds is 4. The van der Waals surface area contributed by atoms with Gasteiger partial charge in [-0.25, -0.2) is 4.39 Å². The maximum atomic E-state index is 13.4. The molecule has 3 N–H and O–H groups in total. The van der Waals surface area contributed by atoms with Gasteiger partial charge in [0.2, 0.25) is 0 Å². The number of amides is 1. The van der Waals surface area contributed by atoms with E-state index in [2.05, 4.69) is 17.5 Å². The van der Waals surface area contributed by atoms with Gasteiger partial charge in [-0.2, -0.15) is 0 Å². The highest BCUT2D eigenvalue weighted by atomic mass is 32.1. The number of hydrogen-bond donors (Lipinski definition) is 2. The number of nitrogens with one attached hydrogen (secondary N) is 1. The molecule has 0 saturated carbocycles. The topological polar surface area (TPSA) is 55.1 Å². The van der Waals surface area contributed by atoms with E-state index in [0.717, 1.165) is 5.56 Å². The molecule has 86 valence electrons. The predicted octanol–water partition coefficient (Wildman–Crippen LogP) is 1.54. The minimum absolute atomic E-state index is 0.0357. The highest BCUT2D eigenvalue weighted by Gasteiger charge is 2.10. The lowest BCUT2D eigenvalue weighted by atomic mass is 10.1. The molecule has 0 bridgehead atoms. The molecule has 1 rings (SSSR count). The summed E-state index contributed by atoms with van der Waals surface area (Å²) in [6.07, 6.45) is 0.411. The smallest absolute Gasteiger partial charge is 0.254 e. The molecule has 16 heavy (non-hydrogen) atoms. The summed E-state index contributed by atoms with van der Waals surface area (Å²) in [6.45, 7) is 2.08. The quantitative estimate of drug-likeness (QED) is 0.785. The van der Waals surface area contributed by atoms with Gasteiger partial charge in [0.25, 0.3) is 5.91 Å². The van der Waals surface area contributed by atoms with Gasteiger partial charge in [-0.1, -0.05) is 18.3 Å². The molecule has 3 nitrogen and oxygen atoms in total. The number of halogens is 1. The SMILES string of the molecule is Cc1ccc(C(=O)NCCC(N)=S)c(F)c1. The molecule has 5 heteroatoms. The van der Waals surface area contributed by atoms with E-state index in [-0.39, 0.29) is 5.56 Å². The third-order valence-electron chi connectivity index (χ3n) is 2.03. The molecule has 0 aliphatic carbocycles. The van der Waals surface area contributed by atoms with E-state index in [0.29, 0.717) is 18.0 Å². The van der Waals surface area contributed by atoms with Gasteiger partial charge in [-0.3, -0.25) is 4.79 Å². The van der Waals surface area contributed by atoms with E-state index in [4.69, 9.17) is 5.73 Å². The van der Waals surface area contributed by atoms with Crippen molar-refractivity contribution in [2.24, 2.45) is 5.73 Å². The van der Waals surface area contributed by atoms with E-state index < -0.39 is 11.7 Å². The molecule has 0 atom stereocenters. The zero-order valence-electron chi connectivity index (χ0n) is 8.92. The fourth-order valence-electron chi connectivity index (χ4n) is 1.20. The minimum Gasteiger partial charge on any atom is -0.393 e. The molecular weight excluding hydrogens is 227 g/mol. The van der Waals surface area contributed by atoms with Crippen LogP contribution in [0.15, 0.2) is 18.2 Å². The molecule has 1 aromatic carbocycles. The molecule has 0 fully saturated rings. The van der Waals surface area contributed by atoms with Crippen LogP contribution in [0.4, 0.5) is 4.39 Å². The summed E-state index contributed by atoms with van der Waals surface area (Å²) in [7, 11) is 0. The van der Waals surface area contributed by atoms with Crippen LogP contribution in [-0.4, -0.2) is 17.4 Å². The van der Waals surface area contributed by atoms with Crippen LogP contribution >= 0.6 is 12.2 Å². The monoisotopic (exact) mass is 240 g/mol. The Bertz CT molecular complexity index is 420. The Morgan fingerprint density at radius 3 is 2.81 bits per heavy atom. The fourth-order valence-corrected chi connectivity index (χ4v) is 1.30. The number of thiocarbonyl (C=S) groups is 1. The molecule has 0 saturated heterocycles. The summed E-state index contributed by atoms with van der Waals surface area (Å²) >= 11 is 4.66. The first kappa shape index (κ1) is 12.6. The third kappa shape index (κ3) is 3.58. The highest BCUT2D eigenvalue weighted by molar-refractivity contribution is 7.80. The lowest BCUT2D eigenvalue weighted by molar-refractivity contribution is 0.0951. The standard InChI is InChI=1S/C11H13FN2OS/c1-7-2-3-8(9(12)6-7)11(15)14-5-4-10(13)16/h2-3,6H,4-5H2,1H3,(H2,13,16)(H,14,15). The number of benzene rings is 1. The van der Waals surface area contributed by atoms with Crippen molar-refractivity contribution in [3.63, 3.8) is 0 Å². The van der Waals surface area contributed by atoms with Crippen molar-refractivity contribution in [3.05, 3.63) is 35.1 Å². The van der Waals surface area contributed by atoms with Crippen LogP contribution in [0, 0.1) is 12.7 Å². The summed E-state index contributed by atoms with van der Waals surface area (Å²) in [5.41, 5.74) is 6.08. The van der Waals surface area contributed by atoms with E-state index in [1.807, 2.05) is 0 Å². The van der Waals surface area contributed by atoms with Crippen LogP contribution in [0.3, 0.4) is 0 Å². The molecule has 1 amide bonds. The number of carbonyl (C=O) groups excluding carboxylic acids is 1. The average molecular weight is 240 g/mol. The van der Waals surface area contributed by atoms with Crippen molar-refractivity contribution in [2.45, 2.75) is 13.3 Å². The molecule has 0 aromatic heterocycles. The Kier molecular flexibility index (Phi) is 4.37. The Balaban J connectivity index is 2.63. The predicted molar refractivity (Wildman–Crippen MR) is 64.9 cm³/mol. The number of nitrogens with two attached hydrogens (primary N) is 1. The Hall–Kier alpha value is -1.49. The van der Waals surface area contributed by atoms with E-state index in [1.165, 1.54) is 12.1 Å². The van der Waals surface area contributed by atoms with Crippen LogP contribution < -0.4 is 11.1 Å². The van der Waals surface area contributed by atoms with Crippen molar-refractivity contribution in [1.82, 2.24) is 5.32 Å². The van der Waals surface area contributed by atoms with Crippen LogP contribution in [-0.2, 0) is 0 Å². The largest absolute Gasteiger partial charge is 0.393 e. The average Bonchev–Trinajstić information content (AvgIpc) is 2.16. The summed E-state index contributed by atoms with van der Waals surface area (Å²) in [5.74, 6) is -0.971. The lowest BCUT2D eigenvalue weighted by Gasteiger charge is -2.05. The molecule has 0 radical (unpaired) electrons. The molecule has 1 aromatic rings. The maximum absolute atomic E-state index is 13.4. The molecule has 0 heterocycles. The molecular formula is C11H13FN2OS. The highest BCUT2D eigenvalue weighted by Crippen LogP contribution is 2.09. The number of hydrogen-bond acceptors (Lipinski definition) is 2. The van der Waals surface area contributed by atoms with Crippen molar-refractivity contribution in [2.75, 3.05) is 6.54 Å². The zero-order valence-corrected chi connectivity index (χ0v) is 9.73. The van der Waals surface area contributed by atoms with Crippen LogP contribution in [0.1, 0.15) is 22.3 Å². The first-order valence-electron chi connectivity index (χ1n) is 4.83. The summed E-state index contributed by atoms with van der Waals surface area (Å²) in [6, 6.07) is 4.47. The van der Waals surface area contributed by atoms with Crippen molar-refractivity contribution < 1.29 is 9.18 Å². The molecule has 0 unspecified atom stereocenters. The fraction of sp³-hybridized carbons (Fsp3) is 0.273. The normalized spacial score (nSPS) is 9.88. The van der Waals surface area contributed by atoms with Gasteiger partial charge in [-0.05, 0) is 24.6 Å². The second-order valence-corrected chi connectivity index (χ2v) is 3.98. The van der Waals surface area contributed by atoms with Gasteiger partial charge in [-0.15, -0.1) is 0 Å². The summed E-state index contributed by atoms with van der Waals surface area (Å²) in [5, 5.41) is 2.54. The maximum Gasteiger partial charge on any atom is 0.254 e. The lowest BCUT2D eigenvalue weighted by Crippen LogP contribution is -2.28. The second-order valence-electron chi connectivity index (χ2n) is 3.46. The van der Waals surface area contributed by atoms with Crippen molar-refractivity contribution in [1.29, 1.82) is 0 Å². The Morgan fingerprint density at radius 2 is 2.25 bits per heavy atom. The van der Waals surface area contributed by atoms with E-state index in [9.17, 15) is 9.18 Å². The third-order valence-corrected chi connectivity index (χ3v) is 2.23. The van der Waals surface area contributed by atoms with Crippen molar-refractivity contribution >= 4 is 23.1 Å². The number of aryl methyl sites for hydroxylation is 1. The minimum atomic E-state index is -0.521. The molecule has 0 aliphatic rings. The van der Waals surface area contributed by atoms with Crippen LogP contribution in [0.5, 0.6) is 0 Å². The van der Waals surface area contributed by atoms with Gasteiger partial charge in [0, 0.05) is 13.0 Å². The van der Waals surface area contributed by atoms with E-state index in [1.54, 1.807) is 13.0 Å². The first-order valence-corrected chi connectivity index (χ1v) is 5.24. The summed E-state index contributed by atoms with van der Waals surface area (Å²) < 4.78 is 13.4. The van der Waals surface area contributed by atoms with Gasteiger partial charge >= 0.3 is 0 Å². The van der Waals surface area contributed by atoms with Gasteiger partial charge in [0.05, 0.1) is 10.6 Å². The van der Waals surface area contributed by atoms with Crippen molar-refractivity contribution in [3.8, 4) is 0 Å². The molecule has 0 aliphatic heterocycles.